The third-order valence-electron chi connectivity index (χ3n) is 4.92. The van der Waals surface area contributed by atoms with Gasteiger partial charge in [0.05, 0.1) is 12.7 Å². The summed E-state index contributed by atoms with van der Waals surface area (Å²) in [6, 6.07) is 6.23. The Bertz CT molecular complexity index is 827. The zero-order valence-corrected chi connectivity index (χ0v) is 15.7. The van der Waals surface area contributed by atoms with Crippen LogP contribution < -0.4 is 4.74 Å². The SMILES string of the molecule is COc1c(C)c(C)c(C)c(C)c1C(=O)/C=C/c1ccc(C)cc1C. The molecule has 0 aromatic heterocycles. The van der Waals surface area contributed by atoms with Crippen LogP contribution in [-0.2, 0) is 0 Å². The molecular weight excluding hydrogens is 296 g/mol. The predicted octanol–water partition coefficient (Wildman–Crippen LogP) is 5.44. The van der Waals surface area contributed by atoms with Crippen LogP contribution in [0, 0.1) is 41.5 Å². The van der Waals surface area contributed by atoms with Crippen molar-refractivity contribution in [2.75, 3.05) is 7.11 Å². The number of hydrogen-bond acceptors (Lipinski definition) is 2. The van der Waals surface area contributed by atoms with Crippen LogP contribution in [0.25, 0.3) is 6.08 Å². The second-order valence-electron chi connectivity index (χ2n) is 6.47. The Hall–Kier alpha value is -2.35. The maximum atomic E-state index is 12.8. The minimum atomic E-state index is -0.0180. The lowest BCUT2D eigenvalue weighted by atomic mass is 9.91. The highest BCUT2D eigenvalue weighted by Crippen LogP contribution is 2.33. The number of carbonyl (C=O) groups excluding carboxylic acids is 1. The smallest absolute Gasteiger partial charge is 0.189 e. The summed E-state index contributed by atoms with van der Waals surface area (Å²) in [5.74, 6) is 0.668. The fourth-order valence-corrected chi connectivity index (χ4v) is 3.09. The average Bonchev–Trinajstić information content (AvgIpc) is 2.54. The molecule has 0 amide bonds. The van der Waals surface area contributed by atoms with Gasteiger partial charge in [-0.1, -0.05) is 29.8 Å². The number of allylic oxidation sites excluding steroid dienone is 1. The number of benzene rings is 2. The Balaban J connectivity index is 2.48. The van der Waals surface area contributed by atoms with Crippen LogP contribution in [0.5, 0.6) is 5.75 Å². The summed E-state index contributed by atoms with van der Waals surface area (Å²) in [6.07, 6.45) is 3.54. The molecule has 2 nitrogen and oxygen atoms in total. The van der Waals surface area contributed by atoms with Crippen molar-refractivity contribution in [3.63, 3.8) is 0 Å². The lowest BCUT2D eigenvalue weighted by molar-refractivity contribution is 0.104. The predicted molar refractivity (Wildman–Crippen MR) is 101 cm³/mol. The molecule has 0 bridgehead atoms. The largest absolute Gasteiger partial charge is 0.496 e. The number of methoxy groups -OCH3 is 1. The van der Waals surface area contributed by atoms with E-state index in [-0.39, 0.29) is 5.78 Å². The Morgan fingerprint density at radius 2 is 1.54 bits per heavy atom. The average molecular weight is 322 g/mol. The second-order valence-corrected chi connectivity index (χ2v) is 6.47. The molecule has 0 fully saturated rings. The molecule has 0 aliphatic carbocycles. The Morgan fingerprint density at radius 3 is 2.12 bits per heavy atom. The third kappa shape index (κ3) is 3.28. The van der Waals surface area contributed by atoms with Crippen LogP contribution >= 0.6 is 0 Å². The van der Waals surface area contributed by atoms with E-state index in [4.69, 9.17) is 4.74 Å². The van der Waals surface area contributed by atoms with Gasteiger partial charge in [0.2, 0.25) is 0 Å². The molecule has 2 aromatic rings. The van der Waals surface area contributed by atoms with Crippen LogP contribution in [0.3, 0.4) is 0 Å². The first-order valence-corrected chi connectivity index (χ1v) is 8.22. The molecule has 0 N–H and O–H groups in total. The van der Waals surface area contributed by atoms with Crippen LogP contribution in [0.1, 0.15) is 49.3 Å². The van der Waals surface area contributed by atoms with Crippen molar-refractivity contribution in [1.82, 2.24) is 0 Å². The van der Waals surface area contributed by atoms with Crippen molar-refractivity contribution < 1.29 is 9.53 Å². The summed E-state index contributed by atoms with van der Waals surface area (Å²) in [4.78, 5) is 12.8. The number of rotatable bonds is 4. The fourth-order valence-electron chi connectivity index (χ4n) is 3.09. The topological polar surface area (TPSA) is 26.3 Å². The van der Waals surface area contributed by atoms with Gasteiger partial charge in [0.25, 0.3) is 0 Å². The third-order valence-corrected chi connectivity index (χ3v) is 4.92. The molecule has 0 aliphatic rings. The van der Waals surface area contributed by atoms with E-state index in [9.17, 15) is 4.79 Å². The van der Waals surface area contributed by atoms with E-state index in [1.165, 1.54) is 16.7 Å². The van der Waals surface area contributed by atoms with Crippen LogP contribution in [-0.4, -0.2) is 12.9 Å². The standard InChI is InChI=1S/C22H26O2/c1-13-8-9-19(14(2)12-13)10-11-20(23)21-17(5)15(3)16(4)18(6)22(21)24-7/h8-12H,1-7H3/b11-10+. The van der Waals surface area contributed by atoms with E-state index < -0.39 is 0 Å². The van der Waals surface area contributed by atoms with Crippen molar-refractivity contribution in [3.8, 4) is 5.75 Å². The molecule has 2 heteroatoms. The number of hydrogen-bond donors (Lipinski definition) is 0. The van der Waals surface area contributed by atoms with Crippen molar-refractivity contribution in [3.05, 3.63) is 68.8 Å². The lowest BCUT2D eigenvalue weighted by Gasteiger charge is -2.18. The molecule has 0 radical (unpaired) electrons. The molecule has 0 aliphatic heterocycles. The van der Waals surface area contributed by atoms with Gasteiger partial charge in [0.15, 0.2) is 5.78 Å². The van der Waals surface area contributed by atoms with E-state index in [0.717, 1.165) is 22.3 Å². The van der Waals surface area contributed by atoms with Crippen molar-refractivity contribution in [1.29, 1.82) is 0 Å². The molecule has 0 saturated carbocycles. The van der Waals surface area contributed by atoms with Gasteiger partial charge in [-0.3, -0.25) is 4.79 Å². The van der Waals surface area contributed by atoms with Crippen molar-refractivity contribution >= 4 is 11.9 Å². The van der Waals surface area contributed by atoms with E-state index in [1.807, 2.05) is 26.0 Å². The van der Waals surface area contributed by atoms with Gasteiger partial charge in [-0.25, -0.2) is 0 Å². The maximum Gasteiger partial charge on any atom is 0.189 e. The zero-order chi connectivity index (χ0) is 18.0. The molecule has 0 spiro atoms. The maximum absolute atomic E-state index is 12.8. The van der Waals surface area contributed by atoms with Crippen LogP contribution in [0.4, 0.5) is 0 Å². The monoisotopic (exact) mass is 322 g/mol. The first-order chi connectivity index (χ1) is 11.3. The van der Waals surface area contributed by atoms with Gasteiger partial charge in [-0.05, 0) is 81.0 Å². The van der Waals surface area contributed by atoms with Gasteiger partial charge in [0, 0.05) is 0 Å². The van der Waals surface area contributed by atoms with E-state index >= 15 is 0 Å². The summed E-state index contributed by atoms with van der Waals surface area (Å²) in [7, 11) is 1.63. The summed E-state index contributed by atoms with van der Waals surface area (Å²) in [6.45, 7) is 12.2. The summed E-state index contributed by atoms with van der Waals surface area (Å²) >= 11 is 0. The first-order valence-electron chi connectivity index (χ1n) is 8.22. The van der Waals surface area contributed by atoms with Crippen molar-refractivity contribution in [2.24, 2.45) is 0 Å². The number of ether oxygens (including phenoxy) is 1. The number of aryl methyl sites for hydroxylation is 2. The zero-order valence-electron chi connectivity index (χ0n) is 15.7. The summed E-state index contributed by atoms with van der Waals surface area (Å²) in [5, 5.41) is 0. The Kier molecular flexibility index (Phi) is 5.28. The Morgan fingerprint density at radius 1 is 0.917 bits per heavy atom. The first kappa shape index (κ1) is 18.0. The van der Waals surface area contributed by atoms with Gasteiger partial charge < -0.3 is 4.74 Å². The van der Waals surface area contributed by atoms with Crippen LogP contribution in [0.2, 0.25) is 0 Å². The molecule has 24 heavy (non-hydrogen) atoms. The lowest BCUT2D eigenvalue weighted by Crippen LogP contribution is -2.07. The minimum absolute atomic E-state index is 0.0180. The molecule has 0 unspecified atom stereocenters. The molecule has 0 atom stereocenters. The Labute approximate surface area is 145 Å². The molecule has 2 rings (SSSR count). The quantitative estimate of drug-likeness (QED) is 0.553. The van der Waals surface area contributed by atoms with Gasteiger partial charge >= 0.3 is 0 Å². The molecule has 0 heterocycles. The number of ketones is 1. The number of carbonyl (C=O) groups is 1. The molecule has 2 aromatic carbocycles. The molecular formula is C22H26O2. The minimum Gasteiger partial charge on any atom is -0.496 e. The highest BCUT2D eigenvalue weighted by Gasteiger charge is 2.19. The van der Waals surface area contributed by atoms with E-state index in [2.05, 4.69) is 39.8 Å². The van der Waals surface area contributed by atoms with Gasteiger partial charge in [0.1, 0.15) is 5.75 Å². The highest BCUT2D eigenvalue weighted by molar-refractivity contribution is 6.10. The van der Waals surface area contributed by atoms with Gasteiger partial charge in [-0.2, -0.15) is 0 Å². The highest BCUT2D eigenvalue weighted by atomic mass is 16.5. The van der Waals surface area contributed by atoms with Crippen molar-refractivity contribution in [2.45, 2.75) is 41.5 Å². The fraction of sp³-hybridized carbons (Fsp3) is 0.318. The van der Waals surface area contributed by atoms with Crippen LogP contribution in [0.15, 0.2) is 24.3 Å². The van der Waals surface area contributed by atoms with E-state index in [1.54, 1.807) is 13.2 Å². The second kappa shape index (κ2) is 7.04. The van der Waals surface area contributed by atoms with E-state index in [0.29, 0.717) is 11.3 Å². The normalized spacial score (nSPS) is 11.1. The molecule has 0 saturated heterocycles. The van der Waals surface area contributed by atoms with Gasteiger partial charge in [-0.15, -0.1) is 0 Å². The molecule has 126 valence electrons. The summed E-state index contributed by atoms with van der Waals surface area (Å²) in [5.41, 5.74) is 8.47. The summed E-state index contributed by atoms with van der Waals surface area (Å²) < 4.78 is 5.55.